The van der Waals surface area contributed by atoms with Gasteiger partial charge in [0.1, 0.15) is 0 Å². The Kier molecular flexibility index (Phi) is 4.78. The fraction of sp³-hybridized carbons (Fsp3) is 0.471. The zero-order valence-corrected chi connectivity index (χ0v) is 12.3. The van der Waals surface area contributed by atoms with Crippen LogP contribution in [0.1, 0.15) is 48.8 Å². The first-order valence-electron chi connectivity index (χ1n) is 7.24. The van der Waals surface area contributed by atoms with Gasteiger partial charge in [-0.1, -0.05) is 38.0 Å². The molecule has 0 aliphatic rings. The molecule has 0 aliphatic carbocycles. The van der Waals surface area contributed by atoms with Crippen LogP contribution in [-0.2, 0) is 6.54 Å². The number of imidazole rings is 1. The van der Waals surface area contributed by atoms with Gasteiger partial charge in [-0.15, -0.1) is 0 Å². The fourth-order valence-corrected chi connectivity index (χ4v) is 2.66. The highest BCUT2D eigenvalue weighted by molar-refractivity contribution is 5.35. The number of hydrogen-bond acceptors (Lipinski definition) is 1. The zero-order valence-electron chi connectivity index (χ0n) is 12.3. The maximum absolute atomic E-state index is 4.15. The van der Waals surface area contributed by atoms with Gasteiger partial charge in [-0.05, 0) is 37.0 Å². The normalized spacial score (nSPS) is 12.6. The number of rotatable bonds is 6. The number of unbranched alkanes of at least 4 members (excludes halogenated alkanes) is 1. The molecule has 1 atom stereocenters. The molecule has 0 saturated heterocycles. The summed E-state index contributed by atoms with van der Waals surface area (Å²) in [5, 5.41) is 0. The molecule has 19 heavy (non-hydrogen) atoms. The second-order valence-electron chi connectivity index (χ2n) is 5.39. The third-order valence-electron chi connectivity index (χ3n) is 3.98. The first-order chi connectivity index (χ1) is 9.22. The van der Waals surface area contributed by atoms with Gasteiger partial charge in [-0.25, -0.2) is 4.98 Å². The van der Waals surface area contributed by atoms with E-state index < -0.39 is 0 Å². The van der Waals surface area contributed by atoms with Gasteiger partial charge in [-0.3, -0.25) is 0 Å². The maximum atomic E-state index is 4.15. The Hall–Kier alpha value is -1.57. The number of aromatic nitrogens is 2. The minimum absolute atomic E-state index is 0.592. The van der Waals surface area contributed by atoms with Crippen LogP contribution in [0.2, 0.25) is 0 Å². The predicted molar refractivity (Wildman–Crippen MR) is 80.4 cm³/mol. The van der Waals surface area contributed by atoms with E-state index in [1.807, 2.05) is 12.5 Å². The van der Waals surface area contributed by atoms with Crippen LogP contribution >= 0.6 is 0 Å². The highest BCUT2D eigenvalue weighted by atomic mass is 15.0. The van der Waals surface area contributed by atoms with Crippen LogP contribution in [0.25, 0.3) is 0 Å². The molecule has 0 amide bonds. The van der Waals surface area contributed by atoms with Crippen molar-refractivity contribution in [2.75, 3.05) is 0 Å². The quantitative estimate of drug-likeness (QED) is 0.745. The predicted octanol–water partition coefficient (Wildman–Crippen LogP) is 4.47. The summed E-state index contributed by atoms with van der Waals surface area (Å²) in [7, 11) is 0. The largest absolute Gasteiger partial charge is 0.337 e. The van der Waals surface area contributed by atoms with E-state index >= 15 is 0 Å². The standard InChI is InChI=1S/C17H24N2/c1-4-5-8-16(12-19-11-10-18-13-19)17-9-6-7-14(2)15(17)3/h6-7,9-11,13,16H,4-5,8,12H2,1-3H3. The minimum Gasteiger partial charge on any atom is -0.337 e. The van der Waals surface area contributed by atoms with Crippen LogP contribution in [-0.4, -0.2) is 9.55 Å². The first-order valence-corrected chi connectivity index (χ1v) is 7.24. The molecule has 0 bridgehead atoms. The molecular formula is C17H24N2. The number of benzene rings is 1. The van der Waals surface area contributed by atoms with Crippen molar-refractivity contribution in [3.63, 3.8) is 0 Å². The SMILES string of the molecule is CCCCC(Cn1ccnc1)c1cccc(C)c1C. The second kappa shape index (κ2) is 6.55. The molecule has 0 spiro atoms. The van der Waals surface area contributed by atoms with Crippen molar-refractivity contribution in [3.05, 3.63) is 53.6 Å². The van der Waals surface area contributed by atoms with Crippen LogP contribution in [0.5, 0.6) is 0 Å². The lowest BCUT2D eigenvalue weighted by atomic mass is 9.88. The van der Waals surface area contributed by atoms with Gasteiger partial charge in [0.25, 0.3) is 0 Å². The smallest absolute Gasteiger partial charge is 0.0946 e. The lowest BCUT2D eigenvalue weighted by Gasteiger charge is -2.21. The zero-order chi connectivity index (χ0) is 13.7. The highest BCUT2D eigenvalue weighted by Crippen LogP contribution is 2.28. The van der Waals surface area contributed by atoms with E-state index in [9.17, 15) is 0 Å². The van der Waals surface area contributed by atoms with Crippen molar-refractivity contribution in [1.29, 1.82) is 0 Å². The molecule has 2 heteroatoms. The summed E-state index contributed by atoms with van der Waals surface area (Å²) >= 11 is 0. The molecule has 1 aromatic carbocycles. The molecule has 0 aliphatic heterocycles. The summed E-state index contributed by atoms with van der Waals surface area (Å²) in [6, 6.07) is 6.68. The average molecular weight is 256 g/mol. The third kappa shape index (κ3) is 3.46. The van der Waals surface area contributed by atoms with Gasteiger partial charge in [0.2, 0.25) is 0 Å². The Morgan fingerprint density at radius 3 is 2.79 bits per heavy atom. The van der Waals surface area contributed by atoms with Gasteiger partial charge in [-0.2, -0.15) is 0 Å². The molecule has 0 radical (unpaired) electrons. The van der Waals surface area contributed by atoms with Crippen LogP contribution < -0.4 is 0 Å². The van der Waals surface area contributed by atoms with Gasteiger partial charge in [0, 0.05) is 24.9 Å². The Morgan fingerprint density at radius 2 is 2.11 bits per heavy atom. The molecular weight excluding hydrogens is 232 g/mol. The Bertz CT molecular complexity index is 500. The molecule has 2 rings (SSSR count). The molecule has 0 saturated carbocycles. The van der Waals surface area contributed by atoms with E-state index in [0.29, 0.717) is 5.92 Å². The first kappa shape index (κ1) is 13.9. The molecule has 102 valence electrons. The lowest BCUT2D eigenvalue weighted by Crippen LogP contribution is -2.10. The van der Waals surface area contributed by atoms with Crippen molar-refractivity contribution < 1.29 is 0 Å². The molecule has 1 aromatic heterocycles. The maximum Gasteiger partial charge on any atom is 0.0946 e. The monoisotopic (exact) mass is 256 g/mol. The summed E-state index contributed by atoms with van der Waals surface area (Å²) in [4.78, 5) is 4.15. The minimum atomic E-state index is 0.592. The third-order valence-corrected chi connectivity index (χ3v) is 3.98. The van der Waals surface area contributed by atoms with Gasteiger partial charge >= 0.3 is 0 Å². The number of hydrogen-bond donors (Lipinski definition) is 0. The topological polar surface area (TPSA) is 17.8 Å². The van der Waals surface area contributed by atoms with E-state index in [1.54, 1.807) is 0 Å². The van der Waals surface area contributed by atoms with Gasteiger partial charge < -0.3 is 4.57 Å². The molecule has 2 nitrogen and oxygen atoms in total. The molecule has 0 N–H and O–H groups in total. The van der Waals surface area contributed by atoms with Crippen molar-refractivity contribution in [3.8, 4) is 0 Å². The van der Waals surface area contributed by atoms with Crippen molar-refractivity contribution in [2.24, 2.45) is 0 Å². The van der Waals surface area contributed by atoms with E-state index in [0.717, 1.165) is 6.54 Å². The molecule has 1 unspecified atom stereocenters. The summed E-state index contributed by atoms with van der Waals surface area (Å²) in [5.74, 6) is 0.592. The molecule has 1 heterocycles. The summed E-state index contributed by atoms with van der Waals surface area (Å²) < 4.78 is 2.20. The van der Waals surface area contributed by atoms with Crippen molar-refractivity contribution in [2.45, 2.75) is 52.5 Å². The van der Waals surface area contributed by atoms with Gasteiger partial charge in [0.05, 0.1) is 6.33 Å². The Labute approximate surface area is 116 Å². The summed E-state index contributed by atoms with van der Waals surface area (Å²) in [6.07, 6.45) is 9.63. The van der Waals surface area contributed by atoms with Crippen molar-refractivity contribution >= 4 is 0 Å². The molecule has 0 fully saturated rings. The van der Waals surface area contributed by atoms with Crippen LogP contribution in [0.4, 0.5) is 0 Å². The van der Waals surface area contributed by atoms with Crippen LogP contribution in [0.15, 0.2) is 36.9 Å². The van der Waals surface area contributed by atoms with Crippen molar-refractivity contribution in [1.82, 2.24) is 9.55 Å². The van der Waals surface area contributed by atoms with E-state index in [1.165, 1.54) is 36.0 Å². The average Bonchev–Trinajstić information content (AvgIpc) is 2.91. The highest BCUT2D eigenvalue weighted by Gasteiger charge is 2.14. The fourth-order valence-electron chi connectivity index (χ4n) is 2.66. The number of aryl methyl sites for hydroxylation is 1. The summed E-state index contributed by atoms with van der Waals surface area (Å²) in [5.41, 5.74) is 4.34. The van der Waals surface area contributed by atoms with E-state index in [4.69, 9.17) is 0 Å². The van der Waals surface area contributed by atoms with Gasteiger partial charge in [0.15, 0.2) is 0 Å². The van der Waals surface area contributed by atoms with Crippen LogP contribution in [0, 0.1) is 13.8 Å². The second-order valence-corrected chi connectivity index (χ2v) is 5.39. The summed E-state index contributed by atoms with van der Waals surface area (Å²) in [6.45, 7) is 7.74. The molecule has 2 aromatic rings. The lowest BCUT2D eigenvalue weighted by molar-refractivity contribution is 0.503. The van der Waals surface area contributed by atoms with Crippen LogP contribution in [0.3, 0.4) is 0 Å². The van der Waals surface area contributed by atoms with E-state index in [-0.39, 0.29) is 0 Å². The number of nitrogens with zero attached hydrogens (tertiary/aromatic N) is 2. The Morgan fingerprint density at radius 1 is 1.26 bits per heavy atom. The van der Waals surface area contributed by atoms with E-state index in [2.05, 4.69) is 54.7 Å². The Balaban J connectivity index is 2.23.